The van der Waals surface area contributed by atoms with E-state index in [1.165, 1.54) is 5.56 Å². The van der Waals surface area contributed by atoms with Crippen LogP contribution in [0.15, 0.2) is 24.3 Å². The molecule has 0 saturated carbocycles. The molecule has 7 heteroatoms. The number of benzene rings is 1. The highest BCUT2D eigenvalue weighted by atomic mass is 35.5. The highest BCUT2D eigenvalue weighted by Gasteiger charge is 2.20. The summed E-state index contributed by atoms with van der Waals surface area (Å²) in [4.78, 5) is 20.8. The Hall–Kier alpha value is -1.92. The summed E-state index contributed by atoms with van der Waals surface area (Å²) < 4.78 is 0. The minimum Gasteiger partial charge on any atom is -0.347 e. The van der Waals surface area contributed by atoms with Crippen LogP contribution >= 0.6 is 11.6 Å². The number of hydrogen-bond acceptors (Lipinski definition) is 6. The highest BCUT2D eigenvalue weighted by molar-refractivity contribution is 6.30. The zero-order chi connectivity index (χ0) is 19.4. The Balaban J connectivity index is 1.71. The maximum Gasteiger partial charge on any atom is 0.230 e. The van der Waals surface area contributed by atoms with Gasteiger partial charge in [0.2, 0.25) is 11.9 Å². The number of hydrogen-bond donors (Lipinski definition) is 0. The average molecular weight is 389 g/mol. The molecular formula is C20H29ClN6. The van der Waals surface area contributed by atoms with Crippen molar-refractivity contribution in [2.75, 3.05) is 50.1 Å². The fraction of sp³-hybridized carbons (Fsp3) is 0.550. The van der Waals surface area contributed by atoms with Gasteiger partial charge in [-0.1, -0.05) is 37.6 Å². The normalized spacial score (nSPS) is 15.9. The highest BCUT2D eigenvalue weighted by Crippen LogP contribution is 2.20. The van der Waals surface area contributed by atoms with E-state index in [1.54, 1.807) is 0 Å². The SMILES string of the molecule is CC(C)c1nc(N(C)C)nc(N2CCCN(Cc3ccc(Cl)cc3)CC2)n1. The van der Waals surface area contributed by atoms with Crippen LogP contribution in [0.4, 0.5) is 11.9 Å². The van der Waals surface area contributed by atoms with Gasteiger partial charge in [-0.2, -0.15) is 15.0 Å². The Morgan fingerprint density at radius 1 is 1.00 bits per heavy atom. The van der Waals surface area contributed by atoms with Gasteiger partial charge in [0.15, 0.2) is 0 Å². The molecule has 0 radical (unpaired) electrons. The van der Waals surface area contributed by atoms with Gasteiger partial charge < -0.3 is 9.80 Å². The molecule has 3 rings (SSSR count). The van der Waals surface area contributed by atoms with Crippen molar-refractivity contribution in [3.8, 4) is 0 Å². The lowest BCUT2D eigenvalue weighted by molar-refractivity contribution is 0.285. The minimum atomic E-state index is 0.277. The molecule has 0 unspecified atom stereocenters. The van der Waals surface area contributed by atoms with Crippen molar-refractivity contribution in [1.29, 1.82) is 0 Å². The van der Waals surface area contributed by atoms with E-state index >= 15 is 0 Å². The van der Waals surface area contributed by atoms with Crippen LogP contribution in [0.2, 0.25) is 5.02 Å². The molecular weight excluding hydrogens is 360 g/mol. The fourth-order valence-corrected chi connectivity index (χ4v) is 3.27. The lowest BCUT2D eigenvalue weighted by Crippen LogP contribution is -2.32. The predicted molar refractivity (Wildman–Crippen MR) is 112 cm³/mol. The monoisotopic (exact) mass is 388 g/mol. The van der Waals surface area contributed by atoms with E-state index in [0.29, 0.717) is 0 Å². The summed E-state index contributed by atoms with van der Waals surface area (Å²) >= 11 is 5.99. The Morgan fingerprint density at radius 2 is 1.74 bits per heavy atom. The first-order chi connectivity index (χ1) is 12.9. The summed E-state index contributed by atoms with van der Waals surface area (Å²) in [5.74, 6) is 2.65. The van der Waals surface area contributed by atoms with Crippen molar-refractivity contribution in [2.45, 2.75) is 32.7 Å². The molecule has 2 heterocycles. The quantitative estimate of drug-likeness (QED) is 0.782. The predicted octanol–water partition coefficient (Wildman–Crippen LogP) is 3.43. The van der Waals surface area contributed by atoms with Gasteiger partial charge in [0, 0.05) is 57.8 Å². The van der Waals surface area contributed by atoms with E-state index in [9.17, 15) is 0 Å². The molecule has 0 spiro atoms. The summed E-state index contributed by atoms with van der Waals surface area (Å²) in [6.45, 7) is 9.13. The second-order valence-corrected chi connectivity index (χ2v) is 8.02. The molecule has 1 aromatic carbocycles. The Morgan fingerprint density at radius 3 is 2.41 bits per heavy atom. The van der Waals surface area contributed by atoms with Crippen LogP contribution in [-0.4, -0.2) is 60.1 Å². The van der Waals surface area contributed by atoms with Crippen molar-refractivity contribution < 1.29 is 0 Å². The number of anilines is 2. The molecule has 0 amide bonds. The zero-order valence-corrected chi connectivity index (χ0v) is 17.4. The van der Waals surface area contributed by atoms with Crippen LogP contribution < -0.4 is 9.80 Å². The maximum atomic E-state index is 5.99. The molecule has 1 aromatic heterocycles. The summed E-state index contributed by atoms with van der Waals surface area (Å²) in [7, 11) is 3.94. The number of halogens is 1. The molecule has 2 aromatic rings. The van der Waals surface area contributed by atoms with E-state index in [4.69, 9.17) is 21.6 Å². The third-order valence-corrected chi connectivity index (χ3v) is 4.99. The van der Waals surface area contributed by atoms with Gasteiger partial charge >= 0.3 is 0 Å². The number of rotatable bonds is 5. The van der Waals surface area contributed by atoms with Crippen molar-refractivity contribution in [2.24, 2.45) is 0 Å². The Kier molecular flexibility index (Phi) is 6.50. The van der Waals surface area contributed by atoms with Crippen molar-refractivity contribution in [1.82, 2.24) is 19.9 Å². The van der Waals surface area contributed by atoms with Crippen LogP contribution in [0, 0.1) is 0 Å². The topological polar surface area (TPSA) is 48.4 Å². The van der Waals surface area contributed by atoms with Gasteiger partial charge in [0.1, 0.15) is 5.82 Å². The first kappa shape index (κ1) is 19.8. The zero-order valence-electron chi connectivity index (χ0n) is 16.7. The van der Waals surface area contributed by atoms with Crippen molar-refractivity contribution in [3.63, 3.8) is 0 Å². The van der Waals surface area contributed by atoms with Crippen LogP contribution in [0.25, 0.3) is 0 Å². The third-order valence-electron chi connectivity index (χ3n) is 4.74. The first-order valence-electron chi connectivity index (χ1n) is 9.57. The van der Waals surface area contributed by atoms with Gasteiger partial charge in [0.05, 0.1) is 0 Å². The minimum absolute atomic E-state index is 0.277. The van der Waals surface area contributed by atoms with Crippen molar-refractivity contribution in [3.05, 3.63) is 40.7 Å². The lowest BCUT2D eigenvalue weighted by Gasteiger charge is -2.23. The second-order valence-electron chi connectivity index (χ2n) is 7.59. The fourth-order valence-electron chi connectivity index (χ4n) is 3.15. The summed E-state index contributed by atoms with van der Waals surface area (Å²) in [5, 5.41) is 0.785. The van der Waals surface area contributed by atoms with Gasteiger partial charge in [-0.05, 0) is 24.1 Å². The van der Waals surface area contributed by atoms with E-state index in [0.717, 1.165) is 61.9 Å². The molecule has 0 N–H and O–H groups in total. The molecule has 1 saturated heterocycles. The first-order valence-corrected chi connectivity index (χ1v) is 9.95. The maximum absolute atomic E-state index is 5.99. The summed E-state index contributed by atoms with van der Waals surface area (Å²) in [6.07, 6.45) is 1.09. The van der Waals surface area contributed by atoms with Gasteiger partial charge in [-0.15, -0.1) is 0 Å². The smallest absolute Gasteiger partial charge is 0.230 e. The Labute approximate surface area is 167 Å². The second kappa shape index (κ2) is 8.85. The molecule has 0 atom stereocenters. The molecule has 0 aliphatic carbocycles. The molecule has 6 nitrogen and oxygen atoms in total. The van der Waals surface area contributed by atoms with E-state index in [-0.39, 0.29) is 5.92 Å². The van der Waals surface area contributed by atoms with Crippen LogP contribution in [0.5, 0.6) is 0 Å². The van der Waals surface area contributed by atoms with Gasteiger partial charge in [0.25, 0.3) is 0 Å². The number of nitrogens with zero attached hydrogens (tertiary/aromatic N) is 6. The summed E-state index contributed by atoms with van der Waals surface area (Å²) in [5.41, 5.74) is 1.30. The molecule has 1 fully saturated rings. The molecule has 0 bridgehead atoms. The lowest BCUT2D eigenvalue weighted by atomic mass is 10.2. The van der Waals surface area contributed by atoms with E-state index in [1.807, 2.05) is 31.1 Å². The van der Waals surface area contributed by atoms with E-state index in [2.05, 4.69) is 40.8 Å². The number of aromatic nitrogens is 3. The Bertz CT molecular complexity index is 720. The van der Waals surface area contributed by atoms with E-state index < -0.39 is 0 Å². The molecule has 27 heavy (non-hydrogen) atoms. The summed E-state index contributed by atoms with van der Waals surface area (Å²) in [6, 6.07) is 8.13. The standard InChI is InChI=1S/C20H29ClN6/c1-15(2)18-22-19(25(3)4)24-20(23-18)27-11-5-10-26(12-13-27)14-16-6-8-17(21)9-7-16/h6-9,15H,5,10-14H2,1-4H3. The van der Waals surface area contributed by atoms with Gasteiger partial charge in [-0.25, -0.2) is 0 Å². The van der Waals surface area contributed by atoms with Crippen LogP contribution in [0.1, 0.15) is 37.6 Å². The molecule has 1 aliphatic rings. The largest absolute Gasteiger partial charge is 0.347 e. The average Bonchev–Trinajstić information content (AvgIpc) is 2.89. The molecule has 1 aliphatic heterocycles. The molecule has 146 valence electrons. The van der Waals surface area contributed by atoms with Crippen LogP contribution in [-0.2, 0) is 6.54 Å². The third kappa shape index (κ3) is 5.30. The van der Waals surface area contributed by atoms with Gasteiger partial charge in [-0.3, -0.25) is 4.90 Å². The van der Waals surface area contributed by atoms with Crippen molar-refractivity contribution >= 4 is 23.5 Å². The van der Waals surface area contributed by atoms with Crippen LogP contribution in [0.3, 0.4) is 0 Å².